The highest BCUT2D eigenvalue weighted by molar-refractivity contribution is 5.63. The van der Waals surface area contributed by atoms with Gasteiger partial charge in [0.05, 0.1) is 0 Å². The van der Waals surface area contributed by atoms with Crippen molar-refractivity contribution >= 4 is 6.16 Å². The maximum atomic E-state index is 13.7. The Morgan fingerprint density at radius 3 is 2.77 bits per heavy atom. The van der Waals surface area contributed by atoms with E-state index in [-0.39, 0.29) is 12.8 Å². The Kier molecular flexibility index (Phi) is 2.70. The van der Waals surface area contributed by atoms with Crippen molar-refractivity contribution in [1.29, 1.82) is 0 Å². The average Bonchev–Trinajstić information content (AvgIpc) is 2.28. The van der Waals surface area contributed by atoms with Gasteiger partial charge in [-0.3, -0.25) is 0 Å². The van der Waals surface area contributed by atoms with Crippen molar-refractivity contribution in [2.24, 2.45) is 0 Å². The summed E-state index contributed by atoms with van der Waals surface area (Å²) in [4.78, 5) is 10.7. The standard InChI is InChI=1S/C9H11FO3/c1-3-5-7-9(10,6-4-2)13-8(11)12-7/h3-4,7H,1-2,5-6H2. The molecule has 4 heteroatoms. The number of alkyl halides is 1. The molecule has 72 valence electrons. The van der Waals surface area contributed by atoms with Crippen LogP contribution in [0.4, 0.5) is 9.18 Å². The summed E-state index contributed by atoms with van der Waals surface area (Å²) >= 11 is 0. The number of ether oxygens (including phenoxy) is 2. The molecule has 1 heterocycles. The van der Waals surface area contributed by atoms with E-state index in [1.54, 1.807) is 0 Å². The number of hydrogen-bond donors (Lipinski definition) is 0. The van der Waals surface area contributed by atoms with Crippen molar-refractivity contribution in [3.63, 3.8) is 0 Å². The molecule has 0 aromatic rings. The van der Waals surface area contributed by atoms with Crippen LogP contribution in [0.1, 0.15) is 12.8 Å². The number of halogens is 1. The molecule has 2 atom stereocenters. The molecule has 13 heavy (non-hydrogen) atoms. The van der Waals surface area contributed by atoms with Gasteiger partial charge in [-0.2, -0.15) is 4.39 Å². The normalized spacial score (nSPS) is 32.1. The highest BCUT2D eigenvalue weighted by atomic mass is 19.2. The summed E-state index contributed by atoms with van der Waals surface area (Å²) in [5, 5.41) is 0. The maximum Gasteiger partial charge on any atom is 0.511 e. The Hall–Kier alpha value is -1.32. The van der Waals surface area contributed by atoms with Gasteiger partial charge in [-0.25, -0.2) is 4.79 Å². The van der Waals surface area contributed by atoms with Crippen molar-refractivity contribution in [3.8, 4) is 0 Å². The molecule has 1 fully saturated rings. The first-order valence-corrected chi connectivity index (χ1v) is 3.92. The summed E-state index contributed by atoms with van der Waals surface area (Å²) in [6.07, 6.45) is 1.10. The Bertz CT molecular complexity index is 239. The molecule has 3 nitrogen and oxygen atoms in total. The molecule has 0 radical (unpaired) electrons. The minimum Gasteiger partial charge on any atom is -0.423 e. The third-order valence-electron chi connectivity index (χ3n) is 1.78. The zero-order chi connectivity index (χ0) is 9.90. The molecule has 0 aromatic heterocycles. The lowest BCUT2D eigenvalue weighted by atomic mass is 10.1. The van der Waals surface area contributed by atoms with Crippen LogP contribution in [-0.2, 0) is 9.47 Å². The Morgan fingerprint density at radius 1 is 1.54 bits per heavy atom. The van der Waals surface area contributed by atoms with E-state index in [4.69, 9.17) is 0 Å². The number of hydrogen-bond acceptors (Lipinski definition) is 3. The third kappa shape index (κ3) is 1.88. The van der Waals surface area contributed by atoms with Crippen molar-refractivity contribution in [2.75, 3.05) is 0 Å². The van der Waals surface area contributed by atoms with Crippen molar-refractivity contribution in [2.45, 2.75) is 24.8 Å². The zero-order valence-electron chi connectivity index (χ0n) is 7.16. The van der Waals surface area contributed by atoms with Gasteiger partial charge in [0.1, 0.15) is 0 Å². The third-order valence-corrected chi connectivity index (χ3v) is 1.78. The van der Waals surface area contributed by atoms with Crippen molar-refractivity contribution in [3.05, 3.63) is 25.3 Å². The lowest BCUT2D eigenvalue weighted by Gasteiger charge is -2.19. The van der Waals surface area contributed by atoms with Crippen LogP contribution in [0.3, 0.4) is 0 Å². The summed E-state index contributed by atoms with van der Waals surface area (Å²) in [6, 6.07) is 0. The smallest absolute Gasteiger partial charge is 0.423 e. The average molecular weight is 186 g/mol. The van der Waals surface area contributed by atoms with Crippen molar-refractivity contribution in [1.82, 2.24) is 0 Å². The molecule has 0 amide bonds. The summed E-state index contributed by atoms with van der Waals surface area (Å²) in [5.41, 5.74) is 0. The molecule has 1 rings (SSSR count). The fourth-order valence-corrected chi connectivity index (χ4v) is 1.18. The van der Waals surface area contributed by atoms with Gasteiger partial charge in [-0.1, -0.05) is 12.2 Å². The molecule has 0 saturated carbocycles. The first-order valence-electron chi connectivity index (χ1n) is 3.92. The lowest BCUT2D eigenvalue weighted by Crippen LogP contribution is -2.34. The predicted molar refractivity (Wildman–Crippen MR) is 44.8 cm³/mol. The van der Waals surface area contributed by atoms with E-state index in [1.807, 2.05) is 0 Å². The van der Waals surface area contributed by atoms with Crippen molar-refractivity contribution < 1.29 is 18.7 Å². The van der Waals surface area contributed by atoms with Crippen LogP contribution in [0, 0.1) is 0 Å². The second kappa shape index (κ2) is 3.60. The minimum absolute atomic E-state index is 0.0722. The minimum atomic E-state index is -2.08. The van der Waals surface area contributed by atoms with Gasteiger partial charge in [0.2, 0.25) is 0 Å². The van der Waals surface area contributed by atoms with Crippen LogP contribution in [0.15, 0.2) is 25.3 Å². The highest BCUT2D eigenvalue weighted by Gasteiger charge is 2.50. The van der Waals surface area contributed by atoms with E-state index in [9.17, 15) is 9.18 Å². The van der Waals surface area contributed by atoms with E-state index >= 15 is 0 Å². The van der Waals surface area contributed by atoms with Gasteiger partial charge in [-0.15, -0.1) is 13.2 Å². The van der Waals surface area contributed by atoms with Gasteiger partial charge in [-0.05, 0) is 0 Å². The van der Waals surface area contributed by atoms with Gasteiger partial charge in [0, 0.05) is 12.8 Å². The lowest BCUT2D eigenvalue weighted by molar-refractivity contribution is -0.0876. The number of carbonyl (C=O) groups excluding carboxylic acids is 1. The van der Waals surface area contributed by atoms with Gasteiger partial charge < -0.3 is 9.47 Å². The Labute approximate surface area is 75.8 Å². The second-order valence-corrected chi connectivity index (χ2v) is 2.76. The molecule has 1 aliphatic heterocycles. The molecule has 0 aromatic carbocycles. The SMILES string of the molecule is C=CCC1OC(=O)OC1(F)CC=C. The topological polar surface area (TPSA) is 35.5 Å². The quantitative estimate of drug-likeness (QED) is 0.499. The summed E-state index contributed by atoms with van der Waals surface area (Å²) < 4.78 is 22.7. The Balaban J connectivity index is 2.74. The summed E-state index contributed by atoms with van der Waals surface area (Å²) in [5.74, 6) is -2.08. The first kappa shape index (κ1) is 9.77. The van der Waals surface area contributed by atoms with Crippen LogP contribution < -0.4 is 0 Å². The van der Waals surface area contributed by atoms with Gasteiger partial charge in [0.15, 0.2) is 6.10 Å². The number of cyclic esters (lactones) is 2. The van der Waals surface area contributed by atoms with E-state index in [0.717, 1.165) is 0 Å². The molecule has 0 spiro atoms. The van der Waals surface area contributed by atoms with Crippen LogP contribution in [0.2, 0.25) is 0 Å². The fourth-order valence-electron chi connectivity index (χ4n) is 1.18. The van der Waals surface area contributed by atoms with E-state index < -0.39 is 18.1 Å². The van der Waals surface area contributed by atoms with Gasteiger partial charge >= 0.3 is 6.16 Å². The van der Waals surface area contributed by atoms with Gasteiger partial charge in [0.25, 0.3) is 5.85 Å². The van der Waals surface area contributed by atoms with E-state index in [0.29, 0.717) is 0 Å². The van der Waals surface area contributed by atoms with Crippen LogP contribution in [-0.4, -0.2) is 18.1 Å². The first-order chi connectivity index (χ1) is 6.12. The summed E-state index contributed by atoms with van der Waals surface area (Å²) in [6.45, 7) is 6.81. The van der Waals surface area contributed by atoms with Crippen LogP contribution in [0.5, 0.6) is 0 Å². The molecule has 1 aliphatic rings. The fraction of sp³-hybridized carbons (Fsp3) is 0.444. The largest absolute Gasteiger partial charge is 0.511 e. The molecule has 0 aliphatic carbocycles. The summed E-state index contributed by atoms with van der Waals surface area (Å²) in [7, 11) is 0. The second-order valence-electron chi connectivity index (χ2n) is 2.76. The molecule has 2 unspecified atom stereocenters. The van der Waals surface area contributed by atoms with Crippen LogP contribution >= 0.6 is 0 Å². The molecule has 0 N–H and O–H groups in total. The Morgan fingerprint density at radius 2 is 2.23 bits per heavy atom. The highest BCUT2D eigenvalue weighted by Crippen LogP contribution is 2.34. The van der Waals surface area contributed by atoms with Crippen LogP contribution in [0.25, 0.3) is 0 Å². The number of rotatable bonds is 4. The monoisotopic (exact) mass is 186 g/mol. The maximum absolute atomic E-state index is 13.7. The molecule has 1 saturated heterocycles. The molecule has 0 bridgehead atoms. The van der Waals surface area contributed by atoms with E-state index in [1.165, 1.54) is 12.2 Å². The predicted octanol–water partition coefficient (Wildman–Crippen LogP) is 2.34. The van der Waals surface area contributed by atoms with E-state index in [2.05, 4.69) is 22.6 Å². The zero-order valence-corrected chi connectivity index (χ0v) is 7.16. The number of carbonyl (C=O) groups is 1. The molecular weight excluding hydrogens is 175 g/mol. The molecular formula is C9H11FO3.